The number of aryl methyl sites for hydroxylation is 1. The minimum absolute atomic E-state index is 0.0480. The molecule has 4 heteroatoms. The predicted molar refractivity (Wildman–Crippen MR) is 114 cm³/mol. The van der Waals surface area contributed by atoms with Crippen molar-refractivity contribution >= 4 is 23.3 Å². The largest absolute Gasteiger partial charge is 0.353 e. The fourth-order valence-electron chi connectivity index (χ4n) is 2.86. The van der Waals surface area contributed by atoms with E-state index in [1.165, 1.54) is 31.3 Å². The molecule has 146 valence electrons. The van der Waals surface area contributed by atoms with Gasteiger partial charge in [0.05, 0.1) is 10.7 Å². The first-order valence-corrected chi connectivity index (χ1v) is 10.9. The Morgan fingerprint density at radius 1 is 1.31 bits per heavy atom. The highest BCUT2D eigenvalue weighted by Gasteiger charge is 2.02. The van der Waals surface area contributed by atoms with E-state index >= 15 is 0 Å². The summed E-state index contributed by atoms with van der Waals surface area (Å²) in [5.41, 5.74) is 2.50. The Hall–Kier alpha value is -1.42. The zero-order valence-corrected chi connectivity index (χ0v) is 17.8. The van der Waals surface area contributed by atoms with E-state index < -0.39 is 0 Å². The molecule has 1 aromatic rings. The summed E-state index contributed by atoms with van der Waals surface area (Å²) in [7, 11) is 0. The molecule has 1 rings (SSSR count). The number of carbonyl (C=O) groups excluding carboxylic acids is 1. The second-order valence-electron chi connectivity index (χ2n) is 7.26. The molecule has 1 aromatic heterocycles. The molecular weight excluding hydrogens is 340 g/mol. The van der Waals surface area contributed by atoms with Gasteiger partial charge in [-0.2, -0.15) is 0 Å². The smallest absolute Gasteiger partial charge is 0.243 e. The van der Waals surface area contributed by atoms with Crippen molar-refractivity contribution in [3.63, 3.8) is 0 Å². The van der Waals surface area contributed by atoms with Crippen molar-refractivity contribution in [2.24, 2.45) is 5.92 Å². The molecule has 1 N–H and O–H groups in total. The van der Waals surface area contributed by atoms with Crippen LogP contribution in [0, 0.1) is 12.8 Å². The summed E-state index contributed by atoms with van der Waals surface area (Å²) >= 11 is 1.70. The van der Waals surface area contributed by atoms with Crippen LogP contribution in [0.3, 0.4) is 0 Å². The number of allylic oxidation sites excluding steroid dienone is 2. The molecule has 0 aromatic carbocycles. The van der Waals surface area contributed by atoms with Crippen LogP contribution in [0.2, 0.25) is 0 Å². The molecule has 1 unspecified atom stereocenters. The van der Waals surface area contributed by atoms with Gasteiger partial charge in [-0.25, -0.2) is 4.98 Å². The monoisotopic (exact) mass is 376 g/mol. The zero-order chi connectivity index (χ0) is 19.2. The number of aromatic nitrogens is 1. The summed E-state index contributed by atoms with van der Waals surface area (Å²) in [5.74, 6) is 0.744. The van der Waals surface area contributed by atoms with Crippen molar-refractivity contribution < 1.29 is 4.79 Å². The van der Waals surface area contributed by atoms with Gasteiger partial charge in [-0.3, -0.25) is 4.79 Å². The van der Waals surface area contributed by atoms with Crippen LogP contribution in [0.15, 0.2) is 23.1 Å². The number of thiazole rings is 1. The molecule has 0 bridgehead atoms. The lowest BCUT2D eigenvalue weighted by Gasteiger charge is -2.09. The number of carbonyl (C=O) groups is 1. The molecule has 0 spiro atoms. The van der Waals surface area contributed by atoms with Gasteiger partial charge in [-0.1, -0.05) is 44.8 Å². The Morgan fingerprint density at radius 3 is 2.81 bits per heavy atom. The van der Waals surface area contributed by atoms with Gasteiger partial charge in [-0.05, 0) is 64.0 Å². The van der Waals surface area contributed by atoms with Crippen LogP contribution in [-0.4, -0.2) is 17.4 Å². The van der Waals surface area contributed by atoms with E-state index in [4.69, 9.17) is 0 Å². The Kier molecular flexibility index (Phi) is 12.0. The van der Waals surface area contributed by atoms with Gasteiger partial charge >= 0.3 is 0 Å². The summed E-state index contributed by atoms with van der Waals surface area (Å²) in [6, 6.07) is 0. The van der Waals surface area contributed by atoms with Crippen LogP contribution in [-0.2, 0) is 4.79 Å². The quantitative estimate of drug-likeness (QED) is 0.324. The highest BCUT2D eigenvalue weighted by Crippen LogP contribution is 2.19. The van der Waals surface area contributed by atoms with E-state index in [1.807, 2.05) is 13.0 Å². The molecule has 0 aliphatic carbocycles. The second-order valence-corrected chi connectivity index (χ2v) is 8.32. The van der Waals surface area contributed by atoms with Crippen LogP contribution in [0.1, 0.15) is 82.8 Å². The normalized spacial score (nSPS) is 13.3. The lowest BCUT2D eigenvalue weighted by Crippen LogP contribution is -2.21. The topological polar surface area (TPSA) is 42.0 Å². The SMILES string of the molecule is CCCCCNC(=O)/C=C/CCC(C)CCC/C(C)=C/c1csc(C)n1. The van der Waals surface area contributed by atoms with Crippen molar-refractivity contribution in [2.45, 2.75) is 79.1 Å². The highest BCUT2D eigenvalue weighted by atomic mass is 32.1. The van der Waals surface area contributed by atoms with Crippen LogP contribution in [0.5, 0.6) is 0 Å². The maximum absolute atomic E-state index is 11.6. The summed E-state index contributed by atoms with van der Waals surface area (Å²) in [5, 5.41) is 6.18. The molecule has 1 amide bonds. The molecule has 0 fully saturated rings. The van der Waals surface area contributed by atoms with Crippen LogP contribution in [0.4, 0.5) is 0 Å². The van der Waals surface area contributed by atoms with Gasteiger partial charge < -0.3 is 5.32 Å². The van der Waals surface area contributed by atoms with E-state index in [2.05, 4.69) is 42.5 Å². The van der Waals surface area contributed by atoms with Gasteiger partial charge in [-0.15, -0.1) is 11.3 Å². The van der Waals surface area contributed by atoms with Crippen molar-refractivity contribution in [1.29, 1.82) is 0 Å². The van der Waals surface area contributed by atoms with Gasteiger partial charge in [0.25, 0.3) is 0 Å². The van der Waals surface area contributed by atoms with Crippen molar-refractivity contribution in [3.8, 4) is 0 Å². The van der Waals surface area contributed by atoms with E-state index in [0.29, 0.717) is 5.92 Å². The molecule has 3 nitrogen and oxygen atoms in total. The summed E-state index contributed by atoms with van der Waals surface area (Å²) in [4.78, 5) is 16.1. The average molecular weight is 377 g/mol. The molecule has 1 heterocycles. The lowest BCUT2D eigenvalue weighted by atomic mass is 9.97. The first kappa shape index (κ1) is 22.6. The third-order valence-corrected chi connectivity index (χ3v) is 5.27. The standard InChI is InChI=1S/C22H36N2OS/c1-5-6-9-15-23-22(25)14-8-7-11-18(2)12-10-13-19(3)16-21-17-26-20(4)24-21/h8,14,16-18H,5-7,9-13,15H2,1-4H3,(H,23,25)/b14-8+,19-16+. The van der Waals surface area contributed by atoms with Crippen molar-refractivity contribution in [2.75, 3.05) is 6.54 Å². The van der Waals surface area contributed by atoms with Gasteiger partial charge in [0.2, 0.25) is 5.91 Å². The summed E-state index contributed by atoms with van der Waals surface area (Å²) < 4.78 is 0. The molecule has 0 saturated carbocycles. The van der Waals surface area contributed by atoms with Crippen molar-refractivity contribution in [3.05, 3.63) is 33.8 Å². The molecule has 0 aliphatic heterocycles. The van der Waals surface area contributed by atoms with Crippen molar-refractivity contribution in [1.82, 2.24) is 10.3 Å². The molecule has 0 saturated heterocycles. The lowest BCUT2D eigenvalue weighted by molar-refractivity contribution is -0.116. The minimum atomic E-state index is 0.0480. The van der Waals surface area contributed by atoms with Crippen LogP contribution < -0.4 is 5.32 Å². The summed E-state index contributed by atoms with van der Waals surface area (Å²) in [6.07, 6.45) is 15.1. The van der Waals surface area contributed by atoms with Gasteiger partial charge in [0, 0.05) is 11.9 Å². The summed E-state index contributed by atoms with van der Waals surface area (Å²) in [6.45, 7) is 9.51. The van der Waals surface area contributed by atoms with Crippen LogP contribution >= 0.6 is 11.3 Å². The predicted octanol–water partition coefficient (Wildman–Crippen LogP) is 6.30. The Bertz CT molecular complexity index is 574. The Morgan fingerprint density at radius 2 is 2.12 bits per heavy atom. The molecular formula is C22H36N2OS. The van der Waals surface area contributed by atoms with Crippen LogP contribution in [0.25, 0.3) is 6.08 Å². The van der Waals surface area contributed by atoms with E-state index in [0.717, 1.165) is 42.9 Å². The Balaban J connectivity index is 2.10. The molecule has 0 aliphatic rings. The van der Waals surface area contributed by atoms with Gasteiger partial charge in [0.1, 0.15) is 0 Å². The first-order chi connectivity index (χ1) is 12.5. The average Bonchev–Trinajstić information content (AvgIpc) is 3.00. The number of rotatable bonds is 13. The number of hydrogen-bond acceptors (Lipinski definition) is 3. The van der Waals surface area contributed by atoms with Gasteiger partial charge in [0.15, 0.2) is 0 Å². The third-order valence-electron chi connectivity index (χ3n) is 4.47. The maximum atomic E-state index is 11.6. The van der Waals surface area contributed by atoms with E-state index in [-0.39, 0.29) is 5.91 Å². The minimum Gasteiger partial charge on any atom is -0.353 e. The molecule has 0 radical (unpaired) electrons. The van der Waals surface area contributed by atoms with E-state index in [1.54, 1.807) is 17.4 Å². The number of hydrogen-bond donors (Lipinski definition) is 1. The number of unbranched alkanes of at least 4 members (excludes halogenated alkanes) is 2. The second kappa shape index (κ2) is 13.7. The molecule has 1 atom stereocenters. The molecule has 26 heavy (non-hydrogen) atoms. The number of nitrogens with one attached hydrogen (secondary N) is 1. The highest BCUT2D eigenvalue weighted by molar-refractivity contribution is 7.09. The third kappa shape index (κ3) is 11.2. The number of amides is 1. The first-order valence-electron chi connectivity index (χ1n) is 10.0. The van der Waals surface area contributed by atoms with E-state index in [9.17, 15) is 4.79 Å². The maximum Gasteiger partial charge on any atom is 0.243 e. The zero-order valence-electron chi connectivity index (χ0n) is 17.0. The fraction of sp³-hybridized carbons (Fsp3) is 0.636. The number of nitrogens with zero attached hydrogens (tertiary/aromatic N) is 1. The fourth-order valence-corrected chi connectivity index (χ4v) is 3.43. The Labute approximate surface area is 164 Å².